The molecule has 0 saturated carbocycles. The summed E-state index contributed by atoms with van der Waals surface area (Å²) in [6.45, 7) is 0.623. The zero-order valence-electron chi connectivity index (χ0n) is 13.8. The SMILES string of the molecule is O=C(Nc1ccc(Oc2nncc3ccccc23)c(Cl)c1)[C@H]1CCCO1. The number of anilines is 1. The van der Waals surface area contributed by atoms with Gasteiger partial charge in [-0.25, -0.2) is 0 Å². The third-order valence-corrected chi connectivity index (χ3v) is 4.46. The minimum atomic E-state index is -0.393. The van der Waals surface area contributed by atoms with Gasteiger partial charge in [-0.1, -0.05) is 29.8 Å². The third kappa shape index (κ3) is 3.47. The number of benzene rings is 2. The fourth-order valence-electron chi connectivity index (χ4n) is 2.85. The van der Waals surface area contributed by atoms with Gasteiger partial charge < -0.3 is 14.8 Å². The van der Waals surface area contributed by atoms with E-state index < -0.39 is 6.10 Å². The van der Waals surface area contributed by atoms with E-state index >= 15 is 0 Å². The fourth-order valence-corrected chi connectivity index (χ4v) is 3.07. The molecule has 3 aromatic rings. The molecule has 4 rings (SSSR count). The van der Waals surface area contributed by atoms with Crippen LogP contribution in [0.5, 0.6) is 11.6 Å². The second kappa shape index (κ2) is 7.27. The molecule has 0 radical (unpaired) electrons. The lowest BCUT2D eigenvalue weighted by Crippen LogP contribution is -2.26. The fraction of sp³-hybridized carbons (Fsp3) is 0.211. The van der Waals surface area contributed by atoms with Gasteiger partial charge in [0.05, 0.1) is 11.2 Å². The maximum absolute atomic E-state index is 12.1. The summed E-state index contributed by atoms with van der Waals surface area (Å²) in [7, 11) is 0. The van der Waals surface area contributed by atoms with Gasteiger partial charge in [-0.2, -0.15) is 5.10 Å². The molecular formula is C19H16ClN3O3. The van der Waals surface area contributed by atoms with Crippen LogP contribution in [0.25, 0.3) is 10.8 Å². The van der Waals surface area contributed by atoms with Crippen molar-refractivity contribution in [2.75, 3.05) is 11.9 Å². The van der Waals surface area contributed by atoms with Crippen LogP contribution >= 0.6 is 11.6 Å². The number of fused-ring (bicyclic) bond motifs is 1. The van der Waals surface area contributed by atoms with E-state index in [0.29, 0.717) is 28.9 Å². The lowest BCUT2D eigenvalue weighted by atomic mass is 10.2. The highest BCUT2D eigenvalue weighted by Crippen LogP contribution is 2.33. The molecule has 1 amide bonds. The highest BCUT2D eigenvalue weighted by Gasteiger charge is 2.23. The molecule has 1 saturated heterocycles. The predicted octanol–water partition coefficient (Wildman–Crippen LogP) is 4.19. The standard InChI is InChI=1S/C19H16ClN3O3/c20-15-10-13(22-18(24)17-6-3-9-25-17)7-8-16(15)26-19-14-5-2-1-4-12(14)11-21-23-19/h1-2,4-5,7-8,10-11,17H,3,6,9H2,(H,22,24)/t17-/m1/s1. The molecule has 1 aliphatic rings. The van der Waals surface area contributed by atoms with Crippen molar-refractivity contribution in [3.8, 4) is 11.6 Å². The summed E-state index contributed by atoms with van der Waals surface area (Å²) in [5.74, 6) is 0.653. The van der Waals surface area contributed by atoms with E-state index in [9.17, 15) is 4.79 Å². The van der Waals surface area contributed by atoms with Crippen molar-refractivity contribution in [3.05, 3.63) is 53.7 Å². The van der Waals surface area contributed by atoms with Crippen LogP contribution in [0.15, 0.2) is 48.7 Å². The van der Waals surface area contributed by atoms with Crippen LogP contribution in [0.4, 0.5) is 5.69 Å². The van der Waals surface area contributed by atoms with Crippen molar-refractivity contribution in [2.45, 2.75) is 18.9 Å². The molecule has 0 bridgehead atoms. The third-order valence-electron chi connectivity index (χ3n) is 4.16. The Labute approximate surface area is 155 Å². The average molecular weight is 370 g/mol. The summed E-state index contributed by atoms with van der Waals surface area (Å²) >= 11 is 6.32. The van der Waals surface area contributed by atoms with Crippen molar-refractivity contribution in [3.63, 3.8) is 0 Å². The molecule has 7 heteroatoms. The Kier molecular flexibility index (Phi) is 4.69. The van der Waals surface area contributed by atoms with Crippen LogP contribution in [0.1, 0.15) is 12.8 Å². The molecule has 0 aliphatic carbocycles. The largest absolute Gasteiger partial charge is 0.435 e. The first kappa shape index (κ1) is 16.8. The Balaban J connectivity index is 1.53. The van der Waals surface area contributed by atoms with Gasteiger partial charge in [0, 0.05) is 23.1 Å². The Morgan fingerprint density at radius 2 is 2.15 bits per heavy atom. The van der Waals surface area contributed by atoms with Crippen LogP contribution in [0, 0.1) is 0 Å². The van der Waals surface area contributed by atoms with E-state index in [1.807, 2.05) is 24.3 Å². The maximum Gasteiger partial charge on any atom is 0.253 e. The molecular weight excluding hydrogens is 354 g/mol. The highest BCUT2D eigenvalue weighted by atomic mass is 35.5. The summed E-state index contributed by atoms with van der Waals surface area (Å²) in [5, 5.41) is 12.9. The molecule has 26 heavy (non-hydrogen) atoms. The Morgan fingerprint density at radius 3 is 2.96 bits per heavy atom. The topological polar surface area (TPSA) is 73.3 Å². The number of carbonyl (C=O) groups excluding carboxylic acids is 1. The molecule has 6 nitrogen and oxygen atoms in total. The molecule has 2 aromatic carbocycles. The number of hydrogen-bond donors (Lipinski definition) is 1. The normalized spacial score (nSPS) is 16.6. The first-order valence-corrected chi connectivity index (χ1v) is 8.69. The van der Waals surface area contributed by atoms with Gasteiger partial charge in [0.2, 0.25) is 5.88 Å². The number of rotatable bonds is 4. The van der Waals surface area contributed by atoms with E-state index in [-0.39, 0.29) is 5.91 Å². The van der Waals surface area contributed by atoms with Gasteiger partial charge in [0.15, 0.2) is 0 Å². The quantitative estimate of drug-likeness (QED) is 0.746. The Hall–Kier alpha value is -2.70. The van der Waals surface area contributed by atoms with Crippen LogP contribution in [0.2, 0.25) is 5.02 Å². The molecule has 132 valence electrons. The van der Waals surface area contributed by atoms with Crippen molar-refractivity contribution in [1.82, 2.24) is 10.2 Å². The molecule has 2 heterocycles. The van der Waals surface area contributed by atoms with E-state index in [1.54, 1.807) is 24.4 Å². The number of hydrogen-bond acceptors (Lipinski definition) is 5. The number of aromatic nitrogens is 2. The number of halogens is 1. The molecule has 0 spiro atoms. The van der Waals surface area contributed by atoms with Gasteiger partial charge in [0.1, 0.15) is 11.9 Å². The number of nitrogens with zero attached hydrogens (tertiary/aromatic N) is 2. The van der Waals surface area contributed by atoms with Crippen molar-refractivity contribution in [2.24, 2.45) is 0 Å². The number of amides is 1. The van der Waals surface area contributed by atoms with Gasteiger partial charge in [-0.3, -0.25) is 4.79 Å². The second-order valence-corrected chi connectivity index (χ2v) is 6.38. The summed E-state index contributed by atoms with van der Waals surface area (Å²) in [4.78, 5) is 12.1. The lowest BCUT2D eigenvalue weighted by Gasteiger charge is -2.12. The average Bonchev–Trinajstić information content (AvgIpc) is 3.19. The van der Waals surface area contributed by atoms with Gasteiger partial charge in [-0.15, -0.1) is 5.10 Å². The van der Waals surface area contributed by atoms with E-state index in [4.69, 9.17) is 21.1 Å². The van der Waals surface area contributed by atoms with Crippen LogP contribution in [-0.2, 0) is 9.53 Å². The van der Waals surface area contributed by atoms with Gasteiger partial charge in [-0.05, 0) is 37.1 Å². The van der Waals surface area contributed by atoms with Crippen LogP contribution < -0.4 is 10.1 Å². The van der Waals surface area contributed by atoms with E-state index in [1.165, 1.54) is 0 Å². The smallest absolute Gasteiger partial charge is 0.253 e. The zero-order chi connectivity index (χ0) is 17.9. The predicted molar refractivity (Wildman–Crippen MR) is 98.7 cm³/mol. The summed E-state index contributed by atoms with van der Waals surface area (Å²) in [5.41, 5.74) is 0.590. The summed E-state index contributed by atoms with van der Waals surface area (Å²) in [6.07, 6.45) is 2.92. The van der Waals surface area contributed by atoms with Crippen LogP contribution in [-0.4, -0.2) is 28.8 Å². The first-order valence-electron chi connectivity index (χ1n) is 8.31. The minimum Gasteiger partial charge on any atom is -0.435 e. The number of carbonyl (C=O) groups is 1. The highest BCUT2D eigenvalue weighted by molar-refractivity contribution is 6.32. The van der Waals surface area contributed by atoms with Crippen LogP contribution in [0.3, 0.4) is 0 Å². The zero-order valence-corrected chi connectivity index (χ0v) is 14.6. The molecule has 1 N–H and O–H groups in total. The van der Waals surface area contributed by atoms with Crippen molar-refractivity contribution < 1.29 is 14.3 Å². The minimum absolute atomic E-state index is 0.160. The van der Waals surface area contributed by atoms with Gasteiger partial charge in [0.25, 0.3) is 5.91 Å². The van der Waals surface area contributed by atoms with Crippen molar-refractivity contribution in [1.29, 1.82) is 0 Å². The van der Waals surface area contributed by atoms with Gasteiger partial charge >= 0.3 is 0 Å². The molecule has 0 unspecified atom stereocenters. The second-order valence-electron chi connectivity index (χ2n) is 5.98. The number of ether oxygens (including phenoxy) is 2. The monoisotopic (exact) mass is 369 g/mol. The number of nitrogens with one attached hydrogen (secondary N) is 1. The molecule has 1 aromatic heterocycles. The Morgan fingerprint density at radius 1 is 1.27 bits per heavy atom. The lowest BCUT2D eigenvalue weighted by molar-refractivity contribution is -0.124. The van der Waals surface area contributed by atoms with E-state index in [0.717, 1.165) is 23.6 Å². The molecule has 1 atom stereocenters. The molecule has 1 aliphatic heterocycles. The first-order chi connectivity index (χ1) is 12.7. The van der Waals surface area contributed by atoms with Crippen molar-refractivity contribution >= 4 is 34.0 Å². The summed E-state index contributed by atoms with van der Waals surface area (Å²) in [6, 6.07) is 12.7. The Bertz CT molecular complexity index is 952. The maximum atomic E-state index is 12.1. The summed E-state index contributed by atoms with van der Waals surface area (Å²) < 4.78 is 11.2. The molecule has 1 fully saturated rings. The van der Waals surface area contributed by atoms with E-state index in [2.05, 4.69) is 15.5 Å².